The summed E-state index contributed by atoms with van der Waals surface area (Å²) in [5.41, 5.74) is 13.2. The first-order chi connectivity index (χ1) is 8.63. The molecule has 98 valence electrons. The fourth-order valence-corrected chi connectivity index (χ4v) is 3.06. The molecule has 2 rings (SSSR count). The van der Waals surface area contributed by atoms with Gasteiger partial charge in [0.05, 0.1) is 16.9 Å². The van der Waals surface area contributed by atoms with E-state index in [9.17, 15) is 4.79 Å². The minimum atomic E-state index is -0.464. The van der Waals surface area contributed by atoms with Crippen LogP contribution >= 0.6 is 11.8 Å². The van der Waals surface area contributed by atoms with E-state index in [0.717, 1.165) is 36.9 Å². The number of nitrogens with zero attached hydrogens (tertiary/aromatic N) is 1. The molecule has 5 heteroatoms. The fourth-order valence-electron chi connectivity index (χ4n) is 2.38. The van der Waals surface area contributed by atoms with Crippen molar-refractivity contribution in [1.82, 2.24) is 0 Å². The number of nitrogen functional groups attached to an aromatic ring is 1. The van der Waals surface area contributed by atoms with E-state index in [2.05, 4.69) is 11.2 Å². The number of thioether (sulfide) groups is 1. The van der Waals surface area contributed by atoms with Gasteiger partial charge >= 0.3 is 0 Å². The van der Waals surface area contributed by atoms with Crippen molar-refractivity contribution < 1.29 is 4.79 Å². The summed E-state index contributed by atoms with van der Waals surface area (Å²) < 4.78 is 0. The number of para-hydroxylation sites is 1. The van der Waals surface area contributed by atoms with E-state index < -0.39 is 5.91 Å². The number of piperidine rings is 1. The van der Waals surface area contributed by atoms with Crippen LogP contribution in [-0.4, -0.2) is 30.5 Å². The lowest BCUT2D eigenvalue weighted by atomic mass is 10.1. The molecular formula is C13H19N3OS. The summed E-state index contributed by atoms with van der Waals surface area (Å²) in [5.74, 6) is -0.464. The fraction of sp³-hybridized carbons (Fsp3) is 0.462. The van der Waals surface area contributed by atoms with Gasteiger partial charge in [0.25, 0.3) is 5.91 Å². The van der Waals surface area contributed by atoms with E-state index >= 15 is 0 Å². The summed E-state index contributed by atoms with van der Waals surface area (Å²) in [6.07, 6.45) is 4.46. The average molecular weight is 265 g/mol. The van der Waals surface area contributed by atoms with E-state index in [1.165, 1.54) is 0 Å². The minimum absolute atomic E-state index is 0.416. The van der Waals surface area contributed by atoms with Gasteiger partial charge in [-0.1, -0.05) is 6.07 Å². The van der Waals surface area contributed by atoms with Crippen molar-refractivity contribution in [3.8, 4) is 0 Å². The summed E-state index contributed by atoms with van der Waals surface area (Å²) in [4.78, 5) is 13.5. The van der Waals surface area contributed by atoms with Gasteiger partial charge in [-0.3, -0.25) is 4.79 Å². The Kier molecular flexibility index (Phi) is 4.01. The Hall–Kier alpha value is -1.36. The Labute approximate surface area is 112 Å². The number of amides is 1. The molecule has 1 aliphatic rings. The second-order valence-corrected chi connectivity index (χ2v) is 5.66. The van der Waals surface area contributed by atoms with Crippen LogP contribution < -0.4 is 16.4 Å². The Morgan fingerprint density at radius 1 is 1.39 bits per heavy atom. The number of rotatable bonds is 3. The summed E-state index contributed by atoms with van der Waals surface area (Å²) in [7, 11) is 0. The molecule has 1 aromatic carbocycles. The van der Waals surface area contributed by atoms with Gasteiger partial charge < -0.3 is 16.4 Å². The number of primary amides is 1. The second-order valence-electron chi connectivity index (χ2n) is 4.52. The van der Waals surface area contributed by atoms with Gasteiger partial charge in [-0.05, 0) is 31.2 Å². The zero-order valence-corrected chi connectivity index (χ0v) is 11.4. The summed E-state index contributed by atoms with van der Waals surface area (Å²) in [6.45, 7) is 1.97. The molecule has 1 heterocycles. The van der Waals surface area contributed by atoms with E-state index in [4.69, 9.17) is 11.5 Å². The van der Waals surface area contributed by atoms with Crippen molar-refractivity contribution in [2.75, 3.05) is 30.0 Å². The highest BCUT2D eigenvalue weighted by Crippen LogP contribution is 2.30. The first-order valence-electron chi connectivity index (χ1n) is 6.09. The lowest BCUT2D eigenvalue weighted by Gasteiger charge is -2.33. The SMILES string of the molecule is CSC1CCN(c2cccc(C(N)=O)c2N)CC1. The molecule has 1 aliphatic heterocycles. The Bertz CT molecular complexity index is 442. The van der Waals surface area contributed by atoms with Crippen LogP contribution in [0, 0.1) is 0 Å². The van der Waals surface area contributed by atoms with Gasteiger partial charge in [-0.25, -0.2) is 0 Å². The molecule has 4 nitrogen and oxygen atoms in total. The van der Waals surface area contributed by atoms with Crippen LogP contribution in [-0.2, 0) is 0 Å². The number of hydrogen-bond donors (Lipinski definition) is 2. The highest BCUT2D eigenvalue weighted by molar-refractivity contribution is 7.99. The molecule has 1 amide bonds. The third-order valence-corrected chi connectivity index (χ3v) is 4.60. The number of nitrogens with two attached hydrogens (primary N) is 2. The molecule has 0 unspecified atom stereocenters. The first kappa shape index (κ1) is 13.1. The van der Waals surface area contributed by atoms with Gasteiger partial charge in [0, 0.05) is 18.3 Å². The van der Waals surface area contributed by atoms with Crippen LogP contribution in [0.25, 0.3) is 0 Å². The maximum Gasteiger partial charge on any atom is 0.250 e. The monoisotopic (exact) mass is 265 g/mol. The van der Waals surface area contributed by atoms with Crippen LogP contribution in [0.4, 0.5) is 11.4 Å². The predicted molar refractivity (Wildman–Crippen MR) is 78.1 cm³/mol. The van der Waals surface area contributed by atoms with Crippen LogP contribution in [0.15, 0.2) is 18.2 Å². The van der Waals surface area contributed by atoms with E-state index in [-0.39, 0.29) is 0 Å². The van der Waals surface area contributed by atoms with Gasteiger partial charge in [0.1, 0.15) is 0 Å². The lowest BCUT2D eigenvalue weighted by Crippen LogP contribution is -2.35. The lowest BCUT2D eigenvalue weighted by molar-refractivity contribution is 0.100. The molecule has 0 spiro atoms. The Morgan fingerprint density at radius 3 is 2.61 bits per heavy atom. The van der Waals surface area contributed by atoms with E-state index in [0.29, 0.717) is 11.3 Å². The third-order valence-electron chi connectivity index (χ3n) is 3.46. The maximum atomic E-state index is 11.3. The molecule has 0 aliphatic carbocycles. The van der Waals surface area contributed by atoms with Gasteiger partial charge in [0.15, 0.2) is 0 Å². The summed E-state index contributed by atoms with van der Waals surface area (Å²) in [5, 5.41) is 0.738. The largest absolute Gasteiger partial charge is 0.396 e. The number of anilines is 2. The van der Waals surface area contributed by atoms with Crippen molar-refractivity contribution in [2.24, 2.45) is 5.73 Å². The number of carbonyl (C=O) groups excluding carboxylic acids is 1. The molecule has 1 aromatic rings. The molecule has 18 heavy (non-hydrogen) atoms. The molecule has 0 saturated carbocycles. The zero-order valence-electron chi connectivity index (χ0n) is 10.6. The molecule has 1 saturated heterocycles. The minimum Gasteiger partial charge on any atom is -0.396 e. The highest BCUT2D eigenvalue weighted by atomic mass is 32.2. The van der Waals surface area contributed by atoms with Crippen LogP contribution in [0.1, 0.15) is 23.2 Å². The van der Waals surface area contributed by atoms with Crippen molar-refractivity contribution in [3.63, 3.8) is 0 Å². The summed E-state index contributed by atoms with van der Waals surface area (Å²) >= 11 is 1.92. The average Bonchev–Trinajstić information content (AvgIpc) is 2.39. The van der Waals surface area contributed by atoms with Gasteiger partial charge in [-0.15, -0.1) is 0 Å². The van der Waals surface area contributed by atoms with Crippen molar-refractivity contribution in [3.05, 3.63) is 23.8 Å². The number of carbonyl (C=O) groups is 1. The number of benzene rings is 1. The second kappa shape index (κ2) is 5.52. The molecule has 0 bridgehead atoms. The van der Waals surface area contributed by atoms with Crippen molar-refractivity contribution >= 4 is 29.0 Å². The van der Waals surface area contributed by atoms with Gasteiger partial charge in [-0.2, -0.15) is 11.8 Å². The van der Waals surface area contributed by atoms with Gasteiger partial charge in [0.2, 0.25) is 0 Å². The first-order valence-corrected chi connectivity index (χ1v) is 7.38. The summed E-state index contributed by atoms with van der Waals surface area (Å²) in [6, 6.07) is 5.48. The molecule has 4 N–H and O–H groups in total. The van der Waals surface area contributed by atoms with Crippen LogP contribution in [0.2, 0.25) is 0 Å². The molecular weight excluding hydrogens is 246 g/mol. The van der Waals surface area contributed by atoms with Crippen LogP contribution in [0.3, 0.4) is 0 Å². The van der Waals surface area contributed by atoms with E-state index in [1.54, 1.807) is 6.07 Å². The number of hydrogen-bond acceptors (Lipinski definition) is 4. The predicted octanol–water partition coefficient (Wildman–Crippen LogP) is 1.70. The Balaban J connectivity index is 2.19. The molecule has 0 radical (unpaired) electrons. The topological polar surface area (TPSA) is 72.3 Å². The maximum absolute atomic E-state index is 11.3. The smallest absolute Gasteiger partial charge is 0.250 e. The standard InChI is InChI=1S/C13H19N3OS/c1-18-9-5-7-16(8-6-9)11-4-2-3-10(12(11)14)13(15)17/h2-4,9H,5-8,14H2,1H3,(H2,15,17). The molecule has 1 fully saturated rings. The van der Waals surface area contributed by atoms with Crippen molar-refractivity contribution in [1.29, 1.82) is 0 Å². The van der Waals surface area contributed by atoms with Crippen LogP contribution in [0.5, 0.6) is 0 Å². The Morgan fingerprint density at radius 2 is 2.06 bits per heavy atom. The molecule has 0 aromatic heterocycles. The normalized spacial score (nSPS) is 16.8. The van der Waals surface area contributed by atoms with E-state index in [1.807, 2.05) is 23.9 Å². The third kappa shape index (κ3) is 2.56. The quantitative estimate of drug-likeness (QED) is 0.816. The zero-order chi connectivity index (χ0) is 13.1. The van der Waals surface area contributed by atoms with Crippen molar-refractivity contribution in [2.45, 2.75) is 18.1 Å². The highest BCUT2D eigenvalue weighted by Gasteiger charge is 2.21. The molecule has 0 atom stereocenters.